The molecule has 0 spiro atoms. The van der Waals surface area contributed by atoms with Crippen molar-refractivity contribution in [2.75, 3.05) is 32.7 Å². The zero-order chi connectivity index (χ0) is 35.6. The fourth-order valence-corrected chi connectivity index (χ4v) is 10.3. The topological polar surface area (TPSA) is 128 Å². The number of imide groups is 1. The number of hydrogen-bond acceptors (Lipinski definition) is 7. The van der Waals surface area contributed by atoms with Crippen molar-refractivity contribution >= 4 is 171 Å². The van der Waals surface area contributed by atoms with Crippen LogP contribution in [0.3, 0.4) is 0 Å². The van der Waals surface area contributed by atoms with Crippen molar-refractivity contribution in [2.24, 2.45) is 0 Å². The van der Waals surface area contributed by atoms with Crippen molar-refractivity contribution in [1.29, 1.82) is 0 Å². The van der Waals surface area contributed by atoms with Crippen LogP contribution >= 0.6 is 137 Å². The number of benzene rings is 3. The third kappa shape index (κ3) is 6.67. The highest BCUT2D eigenvalue weighted by Crippen LogP contribution is 2.52. The van der Waals surface area contributed by atoms with E-state index in [1.54, 1.807) is 17.0 Å². The average Bonchev–Trinajstić information content (AvgIpc) is 3.41. The van der Waals surface area contributed by atoms with E-state index in [2.05, 4.69) is 0 Å². The number of hydrogen-bond donors (Lipinski definition) is 1. The summed E-state index contributed by atoms with van der Waals surface area (Å²) in [7, 11) is 0. The lowest BCUT2D eigenvalue weighted by Gasteiger charge is -2.35. The summed E-state index contributed by atoms with van der Waals surface area (Å²) in [4.78, 5) is 68.3. The van der Waals surface area contributed by atoms with Crippen LogP contribution in [-0.4, -0.2) is 76.2 Å². The molecule has 254 valence electrons. The first-order chi connectivity index (χ1) is 23.1. The quantitative estimate of drug-likeness (QED) is 0.0708. The van der Waals surface area contributed by atoms with Gasteiger partial charge in [0.2, 0.25) is 11.3 Å². The second-order valence-electron chi connectivity index (χ2n) is 10.8. The Kier molecular flexibility index (Phi) is 11.3. The Hall–Kier alpha value is -1.17. The highest BCUT2D eigenvalue weighted by Gasteiger charge is 2.35. The van der Waals surface area contributed by atoms with E-state index < -0.39 is 17.7 Å². The Morgan fingerprint density at radius 1 is 0.776 bits per heavy atom. The van der Waals surface area contributed by atoms with Crippen molar-refractivity contribution in [3.8, 4) is 28.2 Å². The summed E-state index contributed by atoms with van der Waals surface area (Å²) in [6.45, 7) is 0.580. The largest absolute Gasteiger partial charge is 0.506 e. The van der Waals surface area contributed by atoms with E-state index in [1.807, 2.05) is 90.4 Å². The molecule has 1 aliphatic carbocycles. The minimum absolute atomic E-state index is 0.0251. The monoisotopic (exact) mass is 1190 g/mol. The van der Waals surface area contributed by atoms with E-state index in [0.717, 1.165) is 17.1 Å². The van der Waals surface area contributed by atoms with Gasteiger partial charge >= 0.3 is 0 Å². The van der Waals surface area contributed by atoms with Crippen molar-refractivity contribution in [3.05, 3.63) is 74.4 Å². The van der Waals surface area contributed by atoms with Crippen LogP contribution in [0.5, 0.6) is 5.75 Å². The van der Waals surface area contributed by atoms with E-state index in [0.29, 0.717) is 27.2 Å². The average molecular weight is 1190 g/mol. The molecular formula is C31H17Cl4I4N3O7. The van der Waals surface area contributed by atoms with Crippen molar-refractivity contribution in [1.82, 2.24) is 14.7 Å². The number of carbonyl (C=O) groups is 4. The Morgan fingerprint density at radius 3 is 2.00 bits per heavy atom. The van der Waals surface area contributed by atoms with E-state index in [9.17, 15) is 29.1 Å². The summed E-state index contributed by atoms with van der Waals surface area (Å²) in [5.74, 6) is -1.54. The molecule has 10 nitrogen and oxygen atoms in total. The molecule has 0 unspecified atom stereocenters. The van der Waals surface area contributed by atoms with Crippen LogP contribution < -0.4 is 5.43 Å². The van der Waals surface area contributed by atoms with E-state index in [4.69, 9.17) is 50.8 Å². The first-order valence-corrected chi connectivity index (χ1v) is 19.9. The maximum Gasteiger partial charge on any atom is 0.256 e. The minimum atomic E-state index is -0.526. The maximum atomic E-state index is 14.5. The van der Waals surface area contributed by atoms with Crippen LogP contribution in [-0.2, 0) is 14.4 Å². The molecule has 3 heterocycles. The minimum Gasteiger partial charge on any atom is -0.506 e. The number of phenolic OH excluding ortho intramolecular Hbond substituents is 1. The normalized spacial score (nSPS) is 15.0. The number of phenols is 1. The number of rotatable bonds is 5. The predicted octanol–water partition coefficient (Wildman–Crippen LogP) is 7.90. The lowest BCUT2D eigenvalue weighted by atomic mass is 9.90. The maximum absolute atomic E-state index is 14.5. The van der Waals surface area contributed by atoms with Gasteiger partial charge in [-0.15, -0.1) is 0 Å². The zero-order valence-electron chi connectivity index (χ0n) is 24.3. The van der Waals surface area contributed by atoms with Gasteiger partial charge in [-0.1, -0.05) is 46.4 Å². The number of aromatic hydroxyl groups is 1. The molecule has 1 fully saturated rings. The Bertz CT molecular complexity index is 2200. The van der Waals surface area contributed by atoms with Gasteiger partial charge in [-0.2, -0.15) is 0 Å². The summed E-state index contributed by atoms with van der Waals surface area (Å²) in [6, 6.07) is 3.32. The Labute approximate surface area is 352 Å². The van der Waals surface area contributed by atoms with Crippen LogP contribution in [0.15, 0.2) is 33.5 Å². The number of fused-ring (bicyclic) bond motifs is 2. The smallest absolute Gasteiger partial charge is 0.256 e. The van der Waals surface area contributed by atoms with Crippen LogP contribution in [0.2, 0.25) is 20.1 Å². The summed E-state index contributed by atoms with van der Waals surface area (Å²) in [5, 5.41) is 10.9. The van der Waals surface area contributed by atoms with Crippen LogP contribution in [0.1, 0.15) is 16.8 Å². The molecule has 2 aromatic carbocycles. The van der Waals surface area contributed by atoms with Gasteiger partial charge in [0.25, 0.3) is 17.7 Å². The molecular weight excluding hydrogens is 1180 g/mol. The SMILES string of the molecule is O=C(CCN1C(=O)C=CC1=O)N1CCN(C(=O)c2c(Cl)c(Cl)c(Cl)c(Cl)c2-c2c3cc(I)c(=O)c(I)c-3oc3c(I)c(O)c(I)cc23)CC1. The second-order valence-corrected chi connectivity index (χ2v) is 16.8. The molecule has 0 atom stereocenters. The summed E-state index contributed by atoms with van der Waals surface area (Å²) in [5.41, 5.74) is 0.949. The zero-order valence-corrected chi connectivity index (χ0v) is 36.0. The fraction of sp³-hybridized carbons (Fsp3) is 0.194. The molecule has 0 aromatic heterocycles. The summed E-state index contributed by atoms with van der Waals surface area (Å²) < 4.78 is 7.81. The third-order valence-corrected chi connectivity index (χ3v) is 13.5. The molecule has 1 N–H and O–H groups in total. The second kappa shape index (κ2) is 14.7. The van der Waals surface area contributed by atoms with Gasteiger partial charge < -0.3 is 19.3 Å². The van der Waals surface area contributed by atoms with E-state index in [-0.39, 0.29) is 102 Å². The Morgan fingerprint density at radius 2 is 1.37 bits per heavy atom. The van der Waals surface area contributed by atoms with Gasteiger partial charge in [-0.05, 0) is 102 Å². The van der Waals surface area contributed by atoms with Gasteiger partial charge in [-0.3, -0.25) is 28.9 Å². The van der Waals surface area contributed by atoms with Gasteiger partial charge in [0, 0.05) is 73.4 Å². The molecule has 4 aliphatic rings. The number of halogens is 8. The van der Waals surface area contributed by atoms with Gasteiger partial charge in [0.05, 0.1) is 36.4 Å². The van der Waals surface area contributed by atoms with Gasteiger partial charge in [0.15, 0.2) is 11.3 Å². The first-order valence-electron chi connectivity index (χ1n) is 14.1. The predicted molar refractivity (Wildman–Crippen MR) is 220 cm³/mol. The molecule has 2 aromatic rings. The number of piperazine rings is 1. The van der Waals surface area contributed by atoms with Crippen LogP contribution in [0.4, 0.5) is 0 Å². The molecule has 0 radical (unpaired) electrons. The highest BCUT2D eigenvalue weighted by atomic mass is 127. The molecule has 4 amide bonds. The third-order valence-electron chi connectivity index (χ3n) is 8.12. The van der Waals surface area contributed by atoms with Crippen LogP contribution in [0, 0.1) is 14.3 Å². The van der Waals surface area contributed by atoms with E-state index in [1.165, 1.54) is 4.90 Å². The molecule has 49 heavy (non-hydrogen) atoms. The first kappa shape index (κ1) is 37.6. The van der Waals surface area contributed by atoms with Crippen molar-refractivity contribution in [2.45, 2.75) is 6.42 Å². The van der Waals surface area contributed by atoms with E-state index >= 15 is 0 Å². The molecule has 0 bridgehead atoms. The van der Waals surface area contributed by atoms with Crippen molar-refractivity contribution in [3.63, 3.8) is 0 Å². The standard InChI is InChI=1S/C31H17Cl4I4N3O7/c32-21-19(18-11-9-13(36)27(46)25(38)29(11)49-30-12(18)10-14(37)28(47)26(30)39)20(22(33)24(35)23(21)34)31(48)41-7-5-40(6-8-41)15(43)3-4-42-16(44)1-2-17(42)45/h1-2,9-10,46H,3-8H2. The number of nitrogens with zero attached hydrogens (tertiary/aromatic N) is 3. The lowest BCUT2D eigenvalue weighted by Crippen LogP contribution is -2.51. The molecule has 18 heteroatoms. The number of amides is 4. The molecule has 6 rings (SSSR count). The van der Waals surface area contributed by atoms with Crippen LogP contribution in [0.25, 0.3) is 33.4 Å². The molecule has 3 aliphatic heterocycles. The lowest BCUT2D eigenvalue weighted by molar-refractivity contribution is -0.138. The highest BCUT2D eigenvalue weighted by molar-refractivity contribution is 14.1. The molecule has 1 saturated heterocycles. The van der Waals surface area contributed by atoms with Crippen molar-refractivity contribution < 1.29 is 28.7 Å². The number of carbonyl (C=O) groups excluding carboxylic acids is 4. The Balaban J connectivity index is 1.45. The molecule has 0 saturated carbocycles. The summed E-state index contributed by atoms with van der Waals surface area (Å²) in [6.07, 6.45) is 2.27. The fourth-order valence-electron chi connectivity index (χ4n) is 5.66. The van der Waals surface area contributed by atoms with Gasteiger partial charge in [0.1, 0.15) is 9.32 Å². The van der Waals surface area contributed by atoms with Gasteiger partial charge in [-0.25, -0.2) is 0 Å². The summed E-state index contributed by atoms with van der Waals surface area (Å²) >= 11 is 34.8.